The van der Waals surface area contributed by atoms with Crippen molar-refractivity contribution in [2.45, 2.75) is 0 Å². The molecule has 0 aliphatic heterocycles. The summed E-state index contributed by atoms with van der Waals surface area (Å²) >= 11 is 6.99. The quantitative estimate of drug-likeness (QED) is 0.135. The smallest absolute Gasteiger partial charge is 0.497 e. The third kappa shape index (κ3) is 7.72. The molecule has 0 saturated heterocycles. The highest BCUT2D eigenvalue weighted by molar-refractivity contribution is 9.10. The first-order valence-electron chi connectivity index (χ1n) is 9.64. The van der Waals surface area contributed by atoms with E-state index in [4.69, 9.17) is 9.15 Å². The van der Waals surface area contributed by atoms with Gasteiger partial charge >= 0.3 is 18.8 Å². The Bertz CT molecular complexity index is 1130. The van der Waals surface area contributed by atoms with Crippen molar-refractivity contribution in [1.82, 2.24) is 0 Å². The first-order chi connectivity index (χ1) is 15.6. The summed E-state index contributed by atoms with van der Waals surface area (Å²) in [4.78, 5) is 0. The van der Waals surface area contributed by atoms with Gasteiger partial charge in [0.15, 0.2) is 0 Å². The number of rotatable bonds is 4. The third-order valence-corrected chi connectivity index (χ3v) is 5.53. The predicted molar refractivity (Wildman–Crippen MR) is 132 cm³/mol. The molecule has 170 valence electrons. The van der Waals surface area contributed by atoms with E-state index in [1.807, 2.05) is 60.7 Å². The highest BCUT2D eigenvalue weighted by atomic mass is 79.9. The van der Waals surface area contributed by atoms with Gasteiger partial charge in [0.05, 0.1) is 30.4 Å². The summed E-state index contributed by atoms with van der Waals surface area (Å²) in [5.74, 6) is 2.48. The van der Waals surface area contributed by atoms with Crippen LogP contribution in [0.25, 0.3) is 33.8 Å². The average Bonchev–Trinajstić information content (AvgIpc) is 2.79. The zero-order chi connectivity index (χ0) is 24.0. The van der Waals surface area contributed by atoms with E-state index in [1.165, 1.54) is 0 Å². The van der Waals surface area contributed by atoms with Gasteiger partial charge in [-0.25, -0.2) is 4.42 Å². The molecule has 0 aliphatic carbocycles. The minimum Gasteiger partial charge on any atom is -0.497 e. The maximum Gasteiger partial charge on any atom is 0.673 e. The molecule has 0 unspecified atom stereocenters. The third-order valence-electron chi connectivity index (χ3n) is 4.47. The fourth-order valence-corrected chi connectivity index (χ4v) is 3.49. The lowest BCUT2D eigenvalue weighted by atomic mass is 10.0. The van der Waals surface area contributed by atoms with Crippen LogP contribution in [-0.2, 0) is 0 Å². The molecule has 0 N–H and O–H groups in total. The summed E-state index contributed by atoms with van der Waals surface area (Å²) in [5, 5.41) is 0. The maximum atomic E-state index is 9.75. The average molecular weight is 584 g/mol. The van der Waals surface area contributed by atoms with Crippen molar-refractivity contribution in [2.75, 3.05) is 7.11 Å². The lowest BCUT2D eigenvalue weighted by Gasteiger charge is -2.04. The minimum atomic E-state index is -6.00. The van der Waals surface area contributed by atoms with Crippen LogP contribution in [0, 0.1) is 0 Å². The molecule has 0 amide bonds. The summed E-state index contributed by atoms with van der Waals surface area (Å²) in [6.45, 7) is 0. The highest BCUT2D eigenvalue weighted by Gasteiger charge is 2.21. The zero-order valence-electron chi connectivity index (χ0n) is 17.2. The van der Waals surface area contributed by atoms with Gasteiger partial charge in [0, 0.05) is 14.5 Å². The first-order valence-corrected chi connectivity index (χ1v) is 11.2. The second kappa shape index (κ2) is 11.0. The topological polar surface area (TPSA) is 20.5 Å². The molecular weight excluding hydrogens is 567 g/mol. The van der Waals surface area contributed by atoms with Crippen molar-refractivity contribution in [3.63, 3.8) is 0 Å². The standard InChI is InChI=1S/C24H17Br2O2.BF4/c1-27-22-12-6-16(7-13-22)19-14-23(17-2-8-20(25)9-3-17)28-24(15-19)18-4-10-21(26)11-5-18;2-1(3,4)5/h2-15H,1H3;/q+1;-1. The number of hydrogen-bond acceptors (Lipinski definition) is 1. The Morgan fingerprint density at radius 3 is 1.33 bits per heavy atom. The number of hydrogen-bond donors (Lipinski definition) is 0. The molecule has 3 aromatic carbocycles. The van der Waals surface area contributed by atoms with E-state index in [1.54, 1.807) is 7.11 Å². The maximum absolute atomic E-state index is 9.75. The summed E-state index contributed by atoms with van der Waals surface area (Å²) < 4.78 is 52.6. The SMILES string of the molecule is COc1ccc(-c2cc(-c3ccc(Br)cc3)[o+]c(-c3ccc(Br)cc3)c2)cc1.F[B-](F)(F)F. The monoisotopic (exact) mass is 582 g/mol. The lowest BCUT2D eigenvalue weighted by molar-refractivity contribution is 0.368. The van der Waals surface area contributed by atoms with Crippen molar-refractivity contribution in [2.24, 2.45) is 0 Å². The summed E-state index contributed by atoms with van der Waals surface area (Å²) in [6, 6.07) is 28.5. The number of methoxy groups -OCH3 is 1. The van der Waals surface area contributed by atoms with Gasteiger partial charge in [-0.2, -0.15) is 0 Å². The molecule has 0 fully saturated rings. The Morgan fingerprint density at radius 2 is 0.970 bits per heavy atom. The van der Waals surface area contributed by atoms with Crippen LogP contribution < -0.4 is 4.74 Å². The Hall–Kier alpha value is -2.65. The summed E-state index contributed by atoms with van der Waals surface area (Å²) in [5.41, 5.74) is 4.24. The molecule has 4 rings (SSSR count). The van der Waals surface area contributed by atoms with Gasteiger partial charge in [0.2, 0.25) is 0 Å². The minimum absolute atomic E-state index is 0.818. The second-order valence-electron chi connectivity index (χ2n) is 6.81. The van der Waals surface area contributed by atoms with Crippen LogP contribution >= 0.6 is 31.9 Å². The fourth-order valence-electron chi connectivity index (χ4n) is 2.96. The van der Waals surface area contributed by atoms with E-state index < -0.39 is 7.25 Å². The van der Waals surface area contributed by atoms with E-state index in [2.05, 4.69) is 56.1 Å². The molecule has 0 aliphatic rings. The summed E-state index contributed by atoms with van der Waals surface area (Å²) in [7, 11) is -4.33. The first kappa shape index (κ1) is 25.0. The van der Waals surface area contributed by atoms with Gasteiger partial charge < -0.3 is 22.0 Å². The van der Waals surface area contributed by atoms with Crippen LogP contribution in [0.1, 0.15) is 0 Å². The van der Waals surface area contributed by atoms with Crippen molar-refractivity contribution in [1.29, 1.82) is 0 Å². The normalized spacial score (nSPS) is 10.9. The predicted octanol–water partition coefficient (Wildman–Crippen LogP) is 9.40. The molecule has 4 aromatic rings. The molecule has 1 heterocycles. The van der Waals surface area contributed by atoms with Crippen LogP contribution in [0.4, 0.5) is 17.3 Å². The molecule has 33 heavy (non-hydrogen) atoms. The number of benzene rings is 3. The Labute approximate surface area is 205 Å². The van der Waals surface area contributed by atoms with Crippen molar-refractivity contribution in [3.05, 3.63) is 93.9 Å². The van der Waals surface area contributed by atoms with E-state index in [0.717, 1.165) is 48.5 Å². The van der Waals surface area contributed by atoms with Crippen LogP contribution in [-0.4, -0.2) is 14.4 Å². The molecule has 9 heteroatoms. The fraction of sp³-hybridized carbons (Fsp3) is 0.0417. The van der Waals surface area contributed by atoms with E-state index in [-0.39, 0.29) is 0 Å². The van der Waals surface area contributed by atoms with Gasteiger partial charge in [0.25, 0.3) is 0 Å². The zero-order valence-corrected chi connectivity index (χ0v) is 20.4. The highest BCUT2D eigenvalue weighted by Crippen LogP contribution is 2.34. The summed E-state index contributed by atoms with van der Waals surface area (Å²) in [6.07, 6.45) is 0. The van der Waals surface area contributed by atoms with E-state index >= 15 is 0 Å². The van der Waals surface area contributed by atoms with Crippen LogP contribution in [0.2, 0.25) is 0 Å². The molecule has 2 nitrogen and oxygen atoms in total. The molecule has 0 spiro atoms. The number of ether oxygens (including phenoxy) is 1. The van der Waals surface area contributed by atoms with Gasteiger partial charge in [-0.05, 0) is 66.2 Å². The molecular formula is C24H17BBr2F4O2. The Balaban J connectivity index is 0.000000555. The molecule has 1 aromatic heterocycles. The molecule has 0 radical (unpaired) electrons. The lowest BCUT2D eigenvalue weighted by Crippen LogP contribution is -2.02. The van der Waals surface area contributed by atoms with Crippen molar-refractivity contribution in [3.8, 4) is 39.5 Å². The van der Waals surface area contributed by atoms with Crippen LogP contribution in [0.5, 0.6) is 5.75 Å². The second-order valence-corrected chi connectivity index (χ2v) is 8.64. The van der Waals surface area contributed by atoms with Gasteiger partial charge in [-0.15, -0.1) is 0 Å². The van der Waals surface area contributed by atoms with Gasteiger partial charge in [-0.3, -0.25) is 0 Å². The largest absolute Gasteiger partial charge is 0.673 e. The van der Waals surface area contributed by atoms with E-state index in [0.29, 0.717) is 0 Å². The van der Waals surface area contributed by atoms with E-state index in [9.17, 15) is 17.3 Å². The van der Waals surface area contributed by atoms with Crippen molar-refractivity contribution >= 4 is 39.1 Å². The number of halogens is 6. The molecule has 0 saturated carbocycles. The van der Waals surface area contributed by atoms with Gasteiger partial charge in [-0.1, -0.05) is 44.0 Å². The van der Waals surface area contributed by atoms with Crippen molar-refractivity contribution < 1.29 is 26.4 Å². The van der Waals surface area contributed by atoms with Crippen LogP contribution in [0.15, 0.2) is 98.3 Å². The Kier molecular flexibility index (Phi) is 8.32. The molecule has 0 atom stereocenters. The molecule has 0 bridgehead atoms. The van der Waals surface area contributed by atoms with Gasteiger partial charge in [0.1, 0.15) is 5.75 Å². The Morgan fingerprint density at radius 1 is 0.606 bits per heavy atom. The van der Waals surface area contributed by atoms with Crippen LogP contribution in [0.3, 0.4) is 0 Å².